The summed E-state index contributed by atoms with van der Waals surface area (Å²) < 4.78 is 10.3. The molecule has 4 rings (SSSR count). The van der Waals surface area contributed by atoms with E-state index in [1.807, 2.05) is 61.5 Å². The Bertz CT molecular complexity index is 1290. The van der Waals surface area contributed by atoms with Crippen LogP contribution in [0.15, 0.2) is 73.3 Å². The van der Waals surface area contributed by atoms with E-state index in [1.165, 1.54) is 7.11 Å². The lowest BCUT2D eigenvalue weighted by Crippen LogP contribution is -2.44. The van der Waals surface area contributed by atoms with Crippen LogP contribution in [0, 0.1) is 0 Å². The molecular formula is C29H28N2O5. The van der Waals surface area contributed by atoms with E-state index in [1.54, 1.807) is 23.1 Å². The minimum atomic E-state index is -0.622. The van der Waals surface area contributed by atoms with Gasteiger partial charge in [-0.25, -0.2) is 9.59 Å². The van der Waals surface area contributed by atoms with Crippen LogP contribution in [0.1, 0.15) is 51.9 Å². The van der Waals surface area contributed by atoms with Crippen LogP contribution in [0.2, 0.25) is 0 Å². The van der Waals surface area contributed by atoms with E-state index < -0.39 is 12.1 Å². The number of hydrogen-bond acceptors (Lipinski definition) is 5. The highest BCUT2D eigenvalue weighted by Crippen LogP contribution is 2.41. The number of ether oxygens (including phenoxy) is 2. The Kier molecular flexibility index (Phi) is 7.49. The molecule has 1 saturated heterocycles. The Morgan fingerprint density at radius 2 is 1.81 bits per heavy atom. The van der Waals surface area contributed by atoms with Crippen molar-refractivity contribution in [2.75, 3.05) is 23.9 Å². The van der Waals surface area contributed by atoms with Crippen molar-refractivity contribution in [3.8, 4) is 0 Å². The van der Waals surface area contributed by atoms with Gasteiger partial charge in [0.15, 0.2) is 0 Å². The number of carbonyl (C=O) groups excluding carboxylic acids is 3. The maximum atomic E-state index is 12.9. The van der Waals surface area contributed by atoms with E-state index >= 15 is 0 Å². The molecule has 7 heteroatoms. The monoisotopic (exact) mass is 484 g/mol. The second-order valence-electron chi connectivity index (χ2n) is 8.48. The van der Waals surface area contributed by atoms with Gasteiger partial charge in [-0.1, -0.05) is 68.1 Å². The number of methoxy groups -OCH3 is 1. The third-order valence-corrected chi connectivity index (χ3v) is 6.32. The zero-order valence-corrected chi connectivity index (χ0v) is 20.3. The molecule has 0 bridgehead atoms. The molecule has 184 valence electrons. The number of nitrogens with zero attached hydrogens (tertiary/aromatic N) is 1. The van der Waals surface area contributed by atoms with Gasteiger partial charge in [-0.15, -0.1) is 0 Å². The highest BCUT2D eigenvalue weighted by Gasteiger charge is 2.31. The van der Waals surface area contributed by atoms with Crippen LogP contribution in [0.25, 0.3) is 6.08 Å². The molecule has 0 radical (unpaired) electrons. The summed E-state index contributed by atoms with van der Waals surface area (Å²) in [5.41, 5.74) is 4.95. The number of esters is 1. The van der Waals surface area contributed by atoms with Gasteiger partial charge in [-0.2, -0.15) is 0 Å². The Balaban J connectivity index is 1.70. The molecule has 0 aromatic heterocycles. The van der Waals surface area contributed by atoms with E-state index in [-0.39, 0.29) is 18.4 Å². The fraction of sp³-hybridized carbons (Fsp3) is 0.207. The highest BCUT2D eigenvalue weighted by atomic mass is 16.5. The SMILES string of the molecule is C=Cc1ccc(N2CCC2=O)c(NC(=O)OCc2ccccc2)c1[C@@H](C)c1ccc(C(=O)OC)cc1. The summed E-state index contributed by atoms with van der Waals surface area (Å²) in [4.78, 5) is 38.7. The third-order valence-electron chi connectivity index (χ3n) is 6.32. The number of anilines is 2. The number of benzene rings is 3. The van der Waals surface area contributed by atoms with Crippen molar-refractivity contribution >= 4 is 35.4 Å². The van der Waals surface area contributed by atoms with Crippen LogP contribution in [0.5, 0.6) is 0 Å². The maximum Gasteiger partial charge on any atom is 0.412 e. The number of nitrogens with one attached hydrogen (secondary N) is 1. The van der Waals surface area contributed by atoms with Crippen LogP contribution in [0.3, 0.4) is 0 Å². The zero-order valence-electron chi connectivity index (χ0n) is 20.3. The number of β-lactam (4-membered cyclic amide) rings is 1. The molecule has 2 amide bonds. The number of hydrogen-bond donors (Lipinski definition) is 1. The average Bonchev–Trinajstić information content (AvgIpc) is 2.91. The van der Waals surface area contributed by atoms with E-state index in [0.29, 0.717) is 29.9 Å². The van der Waals surface area contributed by atoms with Crippen molar-refractivity contribution in [3.05, 3.63) is 101 Å². The summed E-state index contributed by atoms with van der Waals surface area (Å²) in [6, 6.07) is 20.2. The van der Waals surface area contributed by atoms with E-state index in [4.69, 9.17) is 9.47 Å². The third kappa shape index (κ3) is 5.15. The Morgan fingerprint density at radius 1 is 1.08 bits per heavy atom. The predicted octanol–water partition coefficient (Wildman–Crippen LogP) is 5.75. The predicted molar refractivity (Wildman–Crippen MR) is 139 cm³/mol. The second-order valence-corrected chi connectivity index (χ2v) is 8.48. The summed E-state index contributed by atoms with van der Waals surface area (Å²) >= 11 is 0. The molecule has 0 spiro atoms. The van der Waals surface area contributed by atoms with Crippen LogP contribution >= 0.6 is 0 Å². The van der Waals surface area contributed by atoms with Gasteiger partial charge in [0.2, 0.25) is 5.91 Å². The van der Waals surface area contributed by atoms with Crippen LogP contribution in [0.4, 0.5) is 16.2 Å². The average molecular weight is 485 g/mol. The molecule has 3 aromatic carbocycles. The van der Waals surface area contributed by atoms with E-state index in [2.05, 4.69) is 11.9 Å². The molecule has 1 atom stereocenters. The summed E-state index contributed by atoms with van der Waals surface area (Å²) in [6.45, 7) is 6.64. The lowest BCUT2D eigenvalue weighted by atomic mass is 9.86. The van der Waals surface area contributed by atoms with Crippen LogP contribution in [-0.4, -0.2) is 31.6 Å². The van der Waals surface area contributed by atoms with Crippen molar-refractivity contribution in [2.24, 2.45) is 0 Å². The number of carbonyl (C=O) groups is 3. The molecule has 0 saturated carbocycles. The van der Waals surface area contributed by atoms with E-state index in [0.717, 1.165) is 22.3 Å². The Hall–Kier alpha value is -4.39. The van der Waals surface area contributed by atoms with Crippen molar-refractivity contribution in [2.45, 2.75) is 25.9 Å². The summed E-state index contributed by atoms with van der Waals surface area (Å²) in [5.74, 6) is -0.628. The van der Waals surface area contributed by atoms with Gasteiger partial charge in [-0.05, 0) is 40.5 Å². The topological polar surface area (TPSA) is 84.9 Å². The molecule has 1 aliphatic rings. The molecular weight excluding hydrogens is 456 g/mol. The van der Waals surface area contributed by atoms with Crippen molar-refractivity contribution in [1.82, 2.24) is 0 Å². The second kappa shape index (κ2) is 10.9. The fourth-order valence-electron chi connectivity index (χ4n) is 4.25. The minimum absolute atomic E-state index is 0.0110. The standard InChI is InChI=1S/C29H28N2O5/c1-4-21-14-15-24(31-17-16-25(31)32)27(30-29(34)36-18-20-8-6-5-7-9-20)26(21)19(2)22-10-12-23(13-11-22)28(33)35-3/h4-15,19H,1,16-18H2,2-3H3,(H,30,34)/t19-/m0/s1. The van der Waals surface area contributed by atoms with Crippen LogP contribution in [-0.2, 0) is 20.9 Å². The molecule has 1 N–H and O–H groups in total. The molecule has 3 aromatic rings. The van der Waals surface area contributed by atoms with Gasteiger partial charge in [-0.3, -0.25) is 10.1 Å². The molecule has 1 fully saturated rings. The molecule has 0 aliphatic carbocycles. The Labute approximate surface area is 210 Å². The van der Waals surface area contributed by atoms with Crippen molar-refractivity contribution in [1.29, 1.82) is 0 Å². The smallest absolute Gasteiger partial charge is 0.412 e. The first kappa shape index (κ1) is 24.7. The minimum Gasteiger partial charge on any atom is -0.465 e. The van der Waals surface area contributed by atoms with Crippen molar-refractivity contribution in [3.63, 3.8) is 0 Å². The van der Waals surface area contributed by atoms with Gasteiger partial charge in [0.1, 0.15) is 6.61 Å². The number of amides is 2. The lowest BCUT2D eigenvalue weighted by molar-refractivity contribution is -0.122. The molecule has 1 aliphatic heterocycles. The maximum absolute atomic E-state index is 12.9. The largest absolute Gasteiger partial charge is 0.465 e. The van der Waals surface area contributed by atoms with Gasteiger partial charge in [0, 0.05) is 18.9 Å². The first-order chi connectivity index (χ1) is 17.4. The van der Waals surface area contributed by atoms with Crippen molar-refractivity contribution < 1.29 is 23.9 Å². The summed E-state index contributed by atoms with van der Waals surface area (Å²) in [6.07, 6.45) is 1.56. The summed E-state index contributed by atoms with van der Waals surface area (Å²) in [7, 11) is 1.34. The normalized spacial score (nSPS) is 13.4. The zero-order chi connectivity index (χ0) is 25.7. The summed E-state index contributed by atoms with van der Waals surface area (Å²) in [5, 5.41) is 2.91. The van der Waals surface area contributed by atoms with Gasteiger partial charge in [0.25, 0.3) is 0 Å². The fourth-order valence-corrected chi connectivity index (χ4v) is 4.25. The molecule has 36 heavy (non-hydrogen) atoms. The first-order valence-corrected chi connectivity index (χ1v) is 11.7. The van der Waals surface area contributed by atoms with Gasteiger partial charge < -0.3 is 14.4 Å². The molecule has 1 heterocycles. The lowest BCUT2D eigenvalue weighted by Gasteiger charge is -2.34. The highest BCUT2D eigenvalue weighted by molar-refractivity contribution is 6.05. The molecule has 7 nitrogen and oxygen atoms in total. The van der Waals surface area contributed by atoms with Gasteiger partial charge >= 0.3 is 12.1 Å². The first-order valence-electron chi connectivity index (χ1n) is 11.7. The van der Waals surface area contributed by atoms with Crippen LogP contribution < -0.4 is 10.2 Å². The van der Waals surface area contributed by atoms with Gasteiger partial charge in [0.05, 0.1) is 24.0 Å². The van der Waals surface area contributed by atoms with E-state index in [9.17, 15) is 14.4 Å². The number of rotatable bonds is 8. The quantitative estimate of drug-likeness (QED) is 0.325. The molecule has 0 unspecified atom stereocenters. The Morgan fingerprint density at radius 3 is 2.39 bits per heavy atom.